The van der Waals surface area contributed by atoms with Crippen molar-refractivity contribution in [3.8, 4) is 0 Å². The van der Waals surface area contributed by atoms with E-state index in [0.29, 0.717) is 6.54 Å². The molecule has 0 atom stereocenters. The smallest absolute Gasteiger partial charge is 0.316 e. The predicted octanol–water partition coefficient (Wildman–Crippen LogP) is 4.10. The quantitative estimate of drug-likeness (QED) is 0.496. The van der Waals surface area contributed by atoms with Gasteiger partial charge in [0.15, 0.2) is 6.61 Å². The van der Waals surface area contributed by atoms with Crippen molar-refractivity contribution < 1.29 is 14.3 Å². The van der Waals surface area contributed by atoms with Crippen molar-refractivity contribution in [2.45, 2.75) is 18.4 Å². The third kappa shape index (κ3) is 5.59. The Balaban J connectivity index is 1.41. The number of nitrogens with one attached hydrogen (secondary N) is 1. The molecule has 5 heteroatoms. The first-order chi connectivity index (χ1) is 13.1. The number of esters is 1. The number of hydrogen-bond acceptors (Lipinski definition) is 4. The van der Waals surface area contributed by atoms with Crippen molar-refractivity contribution >= 4 is 34.4 Å². The summed E-state index contributed by atoms with van der Waals surface area (Å²) in [5.41, 5.74) is 2.16. The van der Waals surface area contributed by atoms with Crippen molar-refractivity contribution in [3.05, 3.63) is 77.9 Å². The van der Waals surface area contributed by atoms with Gasteiger partial charge in [0, 0.05) is 11.4 Å². The van der Waals surface area contributed by atoms with Crippen molar-refractivity contribution in [1.29, 1.82) is 0 Å². The molecule has 0 heterocycles. The molecule has 0 aromatic heterocycles. The fourth-order valence-corrected chi connectivity index (χ4v) is 3.38. The summed E-state index contributed by atoms with van der Waals surface area (Å²) < 4.78 is 5.06. The highest BCUT2D eigenvalue weighted by molar-refractivity contribution is 8.00. The van der Waals surface area contributed by atoms with Crippen LogP contribution >= 0.6 is 11.8 Å². The van der Waals surface area contributed by atoms with E-state index in [4.69, 9.17) is 4.74 Å². The Bertz CT molecular complexity index is 955. The summed E-state index contributed by atoms with van der Waals surface area (Å²) in [4.78, 5) is 24.7. The number of hydrogen-bond donors (Lipinski definition) is 1. The molecule has 0 aliphatic rings. The lowest BCUT2D eigenvalue weighted by Crippen LogP contribution is -2.28. The molecule has 138 valence electrons. The van der Waals surface area contributed by atoms with Crippen LogP contribution in [-0.2, 0) is 20.9 Å². The van der Waals surface area contributed by atoms with Crippen LogP contribution in [0.5, 0.6) is 0 Å². The summed E-state index contributed by atoms with van der Waals surface area (Å²) in [5.74, 6) is -0.537. The Labute approximate surface area is 162 Å². The molecule has 0 spiro atoms. The van der Waals surface area contributed by atoms with E-state index in [0.717, 1.165) is 26.8 Å². The number of ether oxygens (including phenoxy) is 1. The number of rotatable bonds is 7. The number of aryl methyl sites for hydroxylation is 1. The molecule has 0 fully saturated rings. The van der Waals surface area contributed by atoms with Gasteiger partial charge < -0.3 is 10.1 Å². The van der Waals surface area contributed by atoms with Crippen molar-refractivity contribution in [3.63, 3.8) is 0 Å². The van der Waals surface area contributed by atoms with Crippen molar-refractivity contribution in [2.24, 2.45) is 0 Å². The van der Waals surface area contributed by atoms with Crippen LogP contribution in [0.2, 0.25) is 0 Å². The van der Waals surface area contributed by atoms with Crippen LogP contribution in [0.25, 0.3) is 10.8 Å². The van der Waals surface area contributed by atoms with E-state index in [9.17, 15) is 9.59 Å². The molecule has 3 aromatic carbocycles. The van der Waals surface area contributed by atoms with E-state index in [2.05, 4.69) is 5.32 Å². The lowest BCUT2D eigenvalue weighted by atomic mass is 10.1. The minimum Gasteiger partial charge on any atom is -0.455 e. The number of thioether (sulfide) groups is 1. The molecule has 1 amide bonds. The third-order valence-electron chi connectivity index (χ3n) is 4.18. The molecule has 0 bridgehead atoms. The Hall–Kier alpha value is -2.79. The summed E-state index contributed by atoms with van der Waals surface area (Å²) in [6, 6.07) is 22.0. The lowest BCUT2D eigenvalue weighted by Gasteiger charge is -2.08. The summed E-state index contributed by atoms with van der Waals surface area (Å²) in [6.07, 6.45) is 0. The average molecular weight is 379 g/mol. The van der Waals surface area contributed by atoms with Gasteiger partial charge in [-0.05, 0) is 41.0 Å². The van der Waals surface area contributed by atoms with Crippen LogP contribution in [0.3, 0.4) is 0 Å². The van der Waals surface area contributed by atoms with Crippen molar-refractivity contribution in [1.82, 2.24) is 5.32 Å². The summed E-state index contributed by atoms with van der Waals surface area (Å²) in [5, 5.41) is 5.06. The van der Waals surface area contributed by atoms with Gasteiger partial charge in [-0.25, -0.2) is 0 Å². The number of carbonyl (C=O) groups excluding carboxylic acids is 2. The zero-order valence-corrected chi connectivity index (χ0v) is 15.9. The number of benzene rings is 3. The molecule has 0 aliphatic heterocycles. The first-order valence-electron chi connectivity index (χ1n) is 8.70. The molecular formula is C22H21NO3S. The monoisotopic (exact) mass is 379 g/mol. The maximum absolute atomic E-state index is 11.9. The highest BCUT2D eigenvalue weighted by Crippen LogP contribution is 2.23. The minimum atomic E-state index is -0.404. The van der Waals surface area contributed by atoms with Crippen LogP contribution in [0.15, 0.2) is 71.6 Å². The fraction of sp³-hybridized carbons (Fsp3) is 0.182. The molecule has 0 saturated heterocycles. The highest BCUT2D eigenvalue weighted by atomic mass is 32.2. The van der Waals surface area contributed by atoms with Crippen LogP contribution in [0.4, 0.5) is 0 Å². The highest BCUT2D eigenvalue weighted by Gasteiger charge is 2.09. The van der Waals surface area contributed by atoms with Gasteiger partial charge in [0.1, 0.15) is 0 Å². The molecule has 0 unspecified atom stereocenters. The molecule has 0 radical (unpaired) electrons. The maximum Gasteiger partial charge on any atom is 0.316 e. The van der Waals surface area contributed by atoms with Crippen LogP contribution in [0, 0.1) is 6.92 Å². The Morgan fingerprint density at radius 3 is 2.52 bits per heavy atom. The summed E-state index contributed by atoms with van der Waals surface area (Å²) in [7, 11) is 0. The Morgan fingerprint density at radius 1 is 0.963 bits per heavy atom. The molecule has 3 aromatic rings. The first kappa shape index (κ1) is 19.0. The SMILES string of the molecule is Cc1ccccc1CNC(=O)COC(=O)CSc1ccc2ccccc2c1. The third-order valence-corrected chi connectivity index (χ3v) is 5.15. The van der Waals surface area contributed by atoms with Gasteiger partial charge in [0.05, 0.1) is 5.75 Å². The van der Waals surface area contributed by atoms with E-state index in [-0.39, 0.29) is 18.3 Å². The lowest BCUT2D eigenvalue weighted by molar-refractivity contribution is -0.145. The van der Waals surface area contributed by atoms with Gasteiger partial charge in [0.2, 0.25) is 0 Å². The average Bonchev–Trinajstić information content (AvgIpc) is 2.70. The summed E-state index contributed by atoms with van der Waals surface area (Å²) in [6.45, 7) is 2.16. The Morgan fingerprint density at radius 2 is 1.70 bits per heavy atom. The van der Waals surface area contributed by atoms with E-state index in [1.165, 1.54) is 11.8 Å². The normalized spacial score (nSPS) is 10.6. The predicted molar refractivity (Wildman–Crippen MR) is 109 cm³/mol. The van der Waals surface area contributed by atoms with Gasteiger partial charge in [-0.3, -0.25) is 9.59 Å². The second-order valence-corrected chi connectivity index (χ2v) is 7.21. The largest absolute Gasteiger partial charge is 0.455 e. The van der Waals surface area contributed by atoms with Crippen LogP contribution in [0.1, 0.15) is 11.1 Å². The number of fused-ring (bicyclic) bond motifs is 1. The molecule has 3 rings (SSSR count). The van der Waals surface area contributed by atoms with Crippen molar-refractivity contribution in [2.75, 3.05) is 12.4 Å². The topological polar surface area (TPSA) is 55.4 Å². The van der Waals surface area contributed by atoms with E-state index >= 15 is 0 Å². The summed E-state index contributed by atoms with van der Waals surface area (Å²) >= 11 is 1.40. The molecule has 4 nitrogen and oxygen atoms in total. The van der Waals surface area contributed by atoms with Crippen LogP contribution in [-0.4, -0.2) is 24.2 Å². The van der Waals surface area contributed by atoms with E-state index in [1.807, 2.05) is 73.7 Å². The molecule has 1 N–H and O–H groups in total. The van der Waals surface area contributed by atoms with Gasteiger partial charge in [-0.2, -0.15) is 0 Å². The first-order valence-corrected chi connectivity index (χ1v) is 9.69. The molecule has 27 heavy (non-hydrogen) atoms. The fourth-order valence-electron chi connectivity index (χ4n) is 2.64. The maximum atomic E-state index is 11.9. The second kappa shape index (κ2) is 9.24. The zero-order chi connectivity index (χ0) is 19.1. The molecule has 0 aliphatic carbocycles. The van der Waals surface area contributed by atoms with E-state index < -0.39 is 5.97 Å². The molecule has 0 saturated carbocycles. The number of amides is 1. The van der Waals surface area contributed by atoms with Gasteiger partial charge in [0.25, 0.3) is 5.91 Å². The molecular weight excluding hydrogens is 358 g/mol. The second-order valence-electron chi connectivity index (χ2n) is 6.16. The van der Waals surface area contributed by atoms with Gasteiger partial charge in [-0.1, -0.05) is 54.6 Å². The Kier molecular flexibility index (Phi) is 6.49. The standard InChI is InChI=1S/C22H21NO3S/c1-16-6-2-3-9-19(16)13-23-21(24)14-26-22(25)15-27-20-11-10-17-7-4-5-8-18(17)12-20/h2-12H,13-15H2,1H3,(H,23,24). The minimum absolute atomic E-state index is 0.170. The van der Waals surface area contributed by atoms with Crippen LogP contribution < -0.4 is 5.32 Å². The number of carbonyl (C=O) groups is 2. The van der Waals surface area contributed by atoms with Gasteiger partial charge >= 0.3 is 5.97 Å². The van der Waals surface area contributed by atoms with E-state index in [1.54, 1.807) is 0 Å². The zero-order valence-electron chi connectivity index (χ0n) is 15.1. The van der Waals surface area contributed by atoms with Gasteiger partial charge in [-0.15, -0.1) is 11.8 Å².